The molecule has 1 aromatic rings. The Morgan fingerprint density at radius 2 is 1.89 bits per heavy atom. The third kappa shape index (κ3) is 3.56. The summed E-state index contributed by atoms with van der Waals surface area (Å²) >= 11 is 0. The zero-order valence-electron chi connectivity index (χ0n) is 12.0. The highest BCUT2D eigenvalue weighted by atomic mass is 16.1. The summed E-state index contributed by atoms with van der Waals surface area (Å²) in [6.45, 7) is 8.70. The van der Waals surface area contributed by atoms with Gasteiger partial charge >= 0.3 is 0 Å². The molecule has 18 heavy (non-hydrogen) atoms. The number of benzene rings is 1. The van der Waals surface area contributed by atoms with Crippen molar-refractivity contribution in [2.24, 2.45) is 5.92 Å². The van der Waals surface area contributed by atoms with E-state index in [2.05, 4.69) is 45.9 Å². The number of carbonyl (C=O) groups is 1. The molecule has 1 rings (SSSR count). The first kappa shape index (κ1) is 14.7. The summed E-state index contributed by atoms with van der Waals surface area (Å²) in [5.74, 6) is 0.662. The average Bonchev–Trinajstić information content (AvgIpc) is 2.36. The molecular formula is C17H24O. The first-order valence-electron chi connectivity index (χ1n) is 6.91. The van der Waals surface area contributed by atoms with E-state index in [-0.39, 0.29) is 0 Å². The van der Waals surface area contributed by atoms with Crippen LogP contribution < -0.4 is 10.4 Å². The third-order valence-corrected chi connectivity index (χ3v) is 3.12. The molecule has 0 bridgehead atoms. The van der Waals surface area contributed by atoms with E-state index < -0.39 is 0 Å². The van der Waals surface area contributed by atoms with Crippen LogP contribution in [0.25, 0.3) is 12.2 Å². The molecule has 0 aromatic heterocycles. The lowest BCUT2D eigenvalue weighted by atomic mass is 9.99. The number of hydrogen-bond donors (Lipinski definition) is 0. The topological polar surface area (TPSA) is 17.1 Å². The van der Waals surface area contributed by atoms with Gasteiger partial charge in [0.25, 0.3) is 0 Å². The van der Waals surface area contributed by atoms with Gasteiger partial charge in [-0.15, -0.1) is 0 Å². The molecule has 0 amide bonds. The highest BCUT2D eigenvalue weighted by Gasteiger charge is 2.02. The zero-order valence-corrected chi connectivity index (χ0v) is 12.0. The molecule has 0 radical (unpaired) electrons. The van der Waals surface area contributed by atoms with Gasteiger partial charge in [-0.2, -0.15) is 0 Å². The molecule has 0 aliphatic heterocycles. The van der Waals surface area contributed by atoms with Crippen LogP contribution in [0.15, 0.2) is 12.1 Å². The Kier molecular flexibility index (Phi) is 5.84. The standard InChI is InChI=1S/C17H24O/c1-5-7-17-14(9-8-13(3)4)10-11-15(12-18)16(17)6-2/h7,9-13H,5-6,8H2,1-4H3/b14-9+,17-7+. The number of carbonyl (C=O) groups excluding carboxylic acids is 1. The van der Waals surface area contributed by atoms with Gasteiger partial charge in [0.1, 0.15) is 6.29 Å². The Hall–Kier alpha value is -1.37. The van der Waals surface area contributed by atoms with E-state index in [1.54, 1.807) is 0 Å². The second kappa shape index (κ2) is 7.15. The Balaban J connectivity index is 3.49. The van der Waals surface area contributed by atoms with Crippen molar-refractivity contribution in [2.45, 2.75) is 47.0 Å². The van der Waals surface area contributed by atoms with Crippen molar-refractivity contribution in [1.82, 2.24) is 0 Å². The van der Waals surface area contributed by atoms with E-state index in [1.807, 2.05) is 6.07 Å². The molecule has 0 spiro atoms. The van der Waals surface area contributed by atoms with Crippen molar-refractivity contribution in [3.63, 3.8) is 0 Å². The minimum Gasteiger partial charge on any atom is -0.298 e. The van der Waals surface area contributed by atoms with Crippen LogP contribution in [0, 0.1) is 5.92 Å². The van der Waals surface area contributed by atoms with Gasteiger partial charge in [0.2, 0.25) is 0 Å². The van der Waals surface area contributed by atoms with Gasteiger partial charge < -0.3 is 0 Å². The molecular weight excluding hydrogens is 220 g/mol. The maximum atomic E-state index is 11.1. The van der Waals surface area contributed by atoms with Crippen molar-refractivity contribution in [2.75, 3.05) is 0 Å². The summed E-state index contributed by atoms with van der Waals surface area (Å²) in [6, 6.07) is 4.03. The molecule has 0 atom stereocenters. The van der Waals surface area contributed by atoms with Crippen molar-refractivity contribution < 1.29 is 4.79 Å². The molecule has 1 heteroatoms. The highest BCUT2D eigenvalue weighted by molar-refractivity contribution is 5.77. The van der Waals surface area contributed by atoms with Crippen LogP contribution in [-0.4, -0.2) is 6.29 Å². The Morgan fingerprint density at radius 3 is 2.39 bits per heavy atom. The predicted molar refractivity (Wildman–Crippen MR) is 79.1 cm³/mol. The molecule has 0 fully saturated rings. The summed E-state index contributed by atoms with van der Waals surface area (Å²) in [5.41, 5.74) is 2.02. The van der Waals surface area contributed by atoms with Crippen LogP contribution in [0.1, 0.15) is 56.5 Å². The average molecular weight is 244 g/mol. The fourth-order valence-corrected chi connectivity index (χ4v) is 2.19. The fraction of sp³-hybridized carbons (Fsp3) is 0.471. The predicted octanol–water partition coefficient (Wildman–Crippen LogP) is 3.08. The van der Waals surface area contributed by atoms with Gasteiger partial charge in [-0.25, -0.2) is 0 Å². The van der Waals surface area contributed by atoms with Crippen LogP contribution in [0.3, 0.4) is 0 Å². The molecule has 0 N–H and O–H groups in total. The molecule has 0 aliphatic carbocycles. The third-order valence-electron chi connectivity index (χ3n) is 3.12. The van der Waals surface area contributed by atoms with Gasteiger partial charge in [-0.3, -0.25) is 4.79 Å². The number of rotatable bonds is 5. The lowest BCUT2D eigenvalue weighted by Gasteiger charge is -2.05. The molecule has 1 aromatic carbocycles. The van der Waals surface area contributed by atoms with Crippen LogP contribution in [-0.2, 0) is 6.42 Å². The minimum absolute atomic E-state index is 0.662. The van der Waals surface area contributed by atoms with Crippen molar-refractivity contribution >= 4 is 18.4 Å². The van der Waals surface area contributed by atoms with E-state index in [0.717, 1.165) is 31.1 Å². The molecule has 0 saturated carbocycles. The highest BCUT2D eigenvalue weighted by Crippen LogP contribution is 2.02. The van der Waals surface area contributed by atoms with E-state index in [0.29, 0.717) is 5.92 Å². The lowest BCUT2D eigenvalue weighted by Crippen LogP contribution is -2.30. The molecule has 0 saturated heterocycles. The van der Waals surface area contributed by atoms with Gasteiger partial charge in [-0.1, -0.05) is 52.0 Å². The summed E-state index contributed by atoms with van der Waals surface area (Å²) < 4.78 is 0. The van der Waals surface area contributed by atoms with Crippen molar-refractivity contribution in [3.05, 3.63) is 33.7 Å². The summed E-state index contributed by atoms with van der Waals surface area (Å²) in [6.07, 6.45) is 8.48. The van der Waals surface area contributed by atoms with E-state index in [9.17, 15) is 4.79 Å². The van der Waals surface area contributed by atoms with Gasteiger partial charge in [0.05, 0.1) is 0 Å². The fourth-order valence-electron chi connectivity index (χ4n) is 2.19. The zero-order chi connectivity index (χ0) is 13.5. The smallest absolute Gasteiger partial charge is 0.150 e. The van der Waals surface area contributed by atoms with Gasteiger partial charge in [0, 0.05) is 5.56 Å². The Bertz CT molecular complexity index is 509. The summed E-state index contributed by atoms with van der Waals surface area (Å²) in [4.78, 5) is 11.1. The van der Waals surface area contributed by atoms with Crippen LogP contribution >= 0.6 is 0 Å². The van der Waals surface area contributed by atoms with Gasteiger partial charge in [0.15, 0.2) is 0 Å². The first-order chi connectivity index (χ1) is 8.63. The quantitative estimate of drug-likeness (QED) is 0.727. The molecule has 0 heterocycles. The van der Waals surface area contributed by atoms with E-state index in [4.69, 9.17) is 0 Å². The van der Waals surface area contributed by atoms with Gasteiger partial charge in [-0.05, 0) is 41.2 Å². The largest absolute Gasteiger partial charge is 0.298 e. The van der Waals surface area contributed by atoms with E-state index >= 15 is 0 Å². The lowest BCUT2D eigenvalue weighted by molar-refractivity contribution is 0.112. The number of aldehydes is 1. The van der Waals surface area contributed by atoms with Crippen LogP contribution in [0.4, 0.5) is 0 Å². The summed E-state index contributed by atoms with van der Waals surface area (Å²) in [5, 5.41) is 2.53. The minimum atomic E-state index is 0.662. The van der Waals surface area contributed by atoms with Crippen LogP contribution in [0.2, 0.25) is 0 Å². The monoisotopic (exact) mass is 244 g/mol. The van der Waals surface area contributed by atoms with Crippen molar-refractivity contribution in [1.29, 1.82) is 0 Å². The normalized spacial score (nSPS) is 13.4. The van der Waals surface area contributed by atoms with Crippen molar-refractivity contribution in [3.8, 4) is 0 Å². The maximum absolute atomic E-state index is 11.1. The summed E-state index contributed by atoms with van der Waals surface area (Å²) in [7, 11) is 0. The van der Waals surface area contributed by atoms with E-state index in [1.165, 1.54) is 16.0 Å². The first-order valence-corrected chi connectivity index (χ1v) is 6.91. The molecule has 98 valence electrons. The second-order valence-corrected chi connectivity index (χ2v) is 5.05. The Labute approximate surface area is 110 Å². The second-order valence-electron chi connectivity index (χ2n) is 5.05. The molecule has 0 aliphatic rings. The Morgan fingerprint density at radius 1 is 1.17 bits per heavy atom. The molecule has 1 nitrogen and oxygen atoms in total. The van der Waals surface area contributed by atoms with Crippen LogP contribution in [0.5, 0.6) is 0 Å². The molecule has 0 unspecified atom stereocenters. The number of hydrogen-bond acceptors (Lipinski definition) is 1. The maximum Gasteiger partial charge on any atom is 0.150 e. The SMILES string of the molecule is CC/C=c1/c(CC)c(C=O)cc/c1=C\CC(C)C.